The second kappa shape index (κ2) is 12.6. The Kier molecular flexibility index (Phi) is 10.1. The van der Waals surface area contributed by atoms with Gasteiger partial charge in [-0.3, -0.25) is 9.79 Å². The summed E-state index contributed by atoms with van der Waals surface area (Å²) >= 11 is 6.25. The molecule has 168 valence electrons. The summed E-state index contributed by atoms with van der Waals surface area (Å²) in [6.45, 7) is 2.71. The van der Waals surface area contributed by atoms with Crippen molar-refractivity contribution < 1.29 is 9.53 Å². The van der Waals surface area contributed by atoms with E-state index in [1.807, 2.05) is 12.1 Å². The second-order valence-corrected chi connectivity index (χ2v) is 7.28. The number of pyridine rings is 1. The zero-order chi connectivity index (χ0) is 21.3. The summed E-state index contributed by atoms with van der Waals surface area (Å²) in [5, 5.41) is 10.2. The minimum Gasteiger partial charge on any atom is -0.497 e. The molecule has 1 aliphatic heterocycles. The smallest absolute Gasteiger partial charge is 0.251 e. The molecular weight excluding hydrogens is 531 g/mol. The molecule has 0 radical (unpaired) electrons. The van der Waals surface area contributed by atoms with E-state index in [-0.39, 0.29) is 35.9 Å². The molecule has 2 heterocycles. The van der Waals surface area contributed by atoms with E-state index in [1.165, 1.54) is 0 Å². The quantitative estimate of drug-likeness (QED) is 0.209. The van der Waals surface area contributed by atoms with Crippen LogP contribution in [0.2, 0.25) is 5.02 Å². The van der Waals surface area contributed by atoms with E-state index in [2.05, 4.69) is 30.8 Å². The maximum absolute atomic E-state index is 12.2. The first-order valence-electron chi connectivity index (χ1n) is 9.85. The fourth-order valence-corrected chi connectivity index (χ4v) is 3.51. The van der Waals surface area contributed by atoms with Crippen LogP contribution in [0.4, 0.5) is 5.82 Å². The van der Waals surface area contributed by atoms with Crippen LogP contribution in [0.25, 0.3) is 0 Å². The number of nitrogens with one attached hydrogen (secondary N) is 3. The summed E-state index contributed by atoms with van der Waals surface area (Å²) in [6, 6.07) is 10.9. The standard InChI is InChI=1S/C21H27ClN6O2.HI/c1-23-21(26-12-11-25-20(29)15-5-7-17(30-2)8-6-15)27-16-9-13-28(14-16)19-18(22)4-3-10-24-19;/h3-8,10,16H,9,11-14H2,1-2H3,(H,25,29)(H2,23,26,27);1H. The number of aromatic nitrogens is 1. The molecule has 0 saturated carbocycles. The molecule has 1 fully saturated rings. The summed E-state index contributed by atoms with van der Waals surface area (Å²) in [7, 11) is 3.33. The van der Waals surface area contributed by atoms with Gasteiger partial charge < -0.3 is 25.6 Å². The van der Waals surface area contributed by atoms with E-state index in [0.717, 1.165) is 31.1 Å². The van der Waals surface area contributed by atoms with Gasteiger partial charge in [-0.05, 0) is 42.8 Å². The molecule has 0 spiro atoms. The third-order valence-corrected chi connectivity index (χ3v) is 5.14. The third-order valence-electron chi connectivity index (χ3n) is 4.85. The number of nitrogens with zero attached hydrogens (tertiary/aromatic N) is 3. The van der Waals surface area contributed by atoms with Gasteiger partial charge in [-0.1, -0.05) is 11.6 Å². The van der Waals surface area contributed by atoms with Crippen LogP contribution in [0.3, 0.4) is 0 Å². The van der Waals surface area contributed by atoms with Crippen LogP contribution in [0.5, 0.6) is 5.75 Å². The second-order valence-electron chi connectivity index (χ2n) is 6.87. The van der Waals surface area contributed by atoms with Crippen molar-refractivity contribution in [2.24, 2.45) is 4.99 Å². The minimum absolute atomic E-state index is 0. The van der Waals surface area contributed by atoms with E-state index >= 15 is 0 Å². The molecule has 1 saturated heterocycles. The molecule has 0 aliphatic carbocycles. The fraction of sp³-hybridized carbons (Fsp3) is 0.381. The number of anilines is 1. The molecule has 3 rings (SSSR count). The maximum Gasteiger partial charge on any atom is 0.251 e. The zero-order valence-electron chi connectivity index (χ0n) is 17.6. The van der Waals surface area contributed by atoms with Gasteiger partial charge in [0.15, 0.2) is 5.96 Å². The highest BCUT2D eigenvalue weighted by atomic mass is 127. The van der Waals surface area contributed by atoms with Crippen molar-refractivity contribution in [3.63, 3.8) is 0 Å². The Bertz CT molecular complexity index is 880. The summed E-state index contributed by atoms with van der Waals surface area (Å²) < 4.78 is 5.10. The molecule has 31 heavy (non-hydrogen) atoms. The largest absolute Gasteiger partial charge is 0.497 e. The number of benzene rings is 1. The van der Waals surface area contributed by atoms with Gasteiger partial charge in [0.25, 0.3) is 5.91 Å². The van der Waals surface area contributed by atoms with Crippen molar-refractivity contribution >= 4 is 53.3 Å². The minimum atomic E-state index is -0.124. The van der Waals surface area contributed by atoms with Crippen molar-refractivity contribution in [3.05, 3.63) is 53.2 Å². The van der Waals surface area contributed by atoms with Gasteiger partial charge >= 0.3 is 0 Å². The molecule has 3 N–H and O–H groups in total. The van der Waals surface area contributed by atoms with Gasteiger partial charge in [0.05, 0.1) is 12.1 Å². The maximum atomic E-state index is 12.2. The van der Waals surface area contributed by atoms with Crippen molar-refractivity contribution in [2.75, 3.05) is 45.2 Å². The lowest BCUT2D eigenvalue weighted by Crippen LogP contribution is -2.46. The lowest BCUT2D eigenvalue weighted by atomic mass is 10.2. The van der Waals surface area contributed by atoms with Gasteiger partial charge in [0.1, 0.15) is 11.6 Å². The molecule has 1 aromatic heterocycles. The Morgan fingerprint density at radius 2 is 2.00 bits per heavy atom. The Hall–Kier alpha value is -2.27. The van der Waals surface area contributed by atoms with Gasteiger partial charge in [0.2, 0.25) is 0 Å². The van der Waals surface area contributed by atoms with Gasteiger partial charge in [-0.15, -0.1) is 24.0 Å². The molecular formula is C21H28ClIN6O2. The van der Waals surface area contributed by atoms with Crippen molar-refractivity contribution in [2.45, 2.75) is 12.5 Å². The van der Waals surface area contributed by atoms with Crippen LogP contribution in [-0.4, -0.2) is 63.2 Å². The molecule has 0 bridgehead atoms. The predicted molar refractivity (Wildman–Crippen MR) is 135 cm³/mol. The highest BCUT2D eigenvalue weighted by molar-refractivity contribution is 14.0. The van der Waals surface area contributed by atoms with E-state index in [1.54, 1.807) is 44.6 Å². The van der Waals surface area contributed by atoms with Crippen LogP contribution in [0.15, 0.2) is 47.6 Å². The van der Waals surface area contributed by atoms with E-state index in [0.29, 0.717) is 29.6 Å². The summed E-state index contributed by atoms with van der Waals surface area (Å²) in [6.07, 6.45) is 2.71. The number of carbonyl (C=O) groups excluding carboxylic acids is 1. The average molecular weight is 559 g/mol. The van der Waals surface area contributed by atoms with Crippen LogP contribution in [0.1, 0.15) is 16.8 Å². The SMILES string of the molecule is CN=C(NCCNC(=O)c1ccc(OC)cc1)NC1CCN(c2ncccc2Cl)C1.I. The molecule has 1 atom stereocenters. The first-order chi connectivity index (χ1) is 14.6. The Balaban J connectivity index is 0.00000341. The van der Waals surface area contributed by atoms with Crippen LogP contribution in [0, 0.1) is 0 Å². The Morgan fingerprint density at radius 1 is 1.26 bits per heavy atom. The van der Waals surface area contributed by atoms with E-state index in [9.17, 15) is 4.79 Å². The van der Waals surface area contributed by atoms with Gasteiger partial charge in [-0.25, -0.2) is 4.98 Å². The predicted octanol–water partition coefficient (Wildman–Crippen LogP) is 2.54. The highest BCUT2D eigenvalue weighted by Gasteiger charge is 2.25. The monoisotopic (exact) mass is 558 g/mol. The van der Waals surface area contributed by atoms with Gasteiger partial charge in [0, 0.05) is 51.0 Å². The molecule has 1 aromatic carbocycles. The Labute approximate surface area is 204 Å². The lowest BCUT2D eigenvalue weighted by molar-refractivity contribution is 0.0954. The fourth-order valence-electron chi connectivity index (χ4n) is 3.27. The highest BCUT2D eigenvalue weighted by Crippen LogP contribution is 2.25. The summed E-state index contributed by atoms with van der Waals surface area (Å²) in [4.78, 5) is 23.0. The third kappa shape index (κ3) is 7.13. The number of hydrogen-bond donors (Lipinski definition) is 3. The molecule has 1 aliphatic rings. The number of methoxy groups -OCH3 is 1. The van der Waals surface area contributed by atoms with Crippen molar-refractivity contribution in [1.29, 1.82) is 0 Å². The van der Waals surface area contributed by atoms with Crippen molar-refractivity contribution in [1.82, 2.24) is 20.9 Å². The summed E-state index contributed by atoms with van der Waals surface area (Å²) in [5.41, 5.74) is 0.595. The Morgan fingerprint density at radius 3 is 2.68 bits per heavy atom. The number of rotatable bonds is 7. The number of aliphatic imine (C=N–C) groups is 1. The molecule has 10 heteroatoms. The number of carbonyl (C=O) groups is 1. The molecule has 8 nitrogen and oxygen atoms in total. The molecule has 1 unspecified atom stereocenters. The zero-order valence-corrected chi connectivity index (χ0v) is 20.7. The number of guanidine groups is 1. The number of halogens is 2. The average Bonchev–Trinajstić information content (AvgIpc) is 3.24. The number of hydrogen-bond acceptors (Lipinski definition) is 5. The van der Waals surface area contributed by atoms with Crippen LogP contribution >= 0.6 is 35.6 Å². The number of ether oxygens (including phenoxy) is 1. The molecule has 2 aromatic rings. The molecule has 1 amide bonds. The van der Waals surface area contributed by atoms with Gasteiger partial charge in [-0.2, -0.15) is 0 Å². The topological polar surface area (TPSA) is 90.9 Å². The first kappa shape index (κ1) is 25.0. The van der Waals surface area contributed by atoms with E-state index in [4.69, 9.17) is 16.3 Å². The number of amides is 1. The first-order valence-corrected chi connectivity index (χ1v) is 10.2. The normalized spacial score (nSPS) is 15.8. The van der Waals surface area contributed by atoms with Crippen LogP contribution in [-0.2, 0) is 0 Å². The van der Waals surface area contributed by atoms with Crippen molar-refractivity contribution in [3.8, 4) is 5.75 Å². The van der Waals surface area contributed by atoms with Crippen LogP contribution < -0.4 is 25.6 Å². The van der Waals surface area contributed by atoms with E-state index < -0.39 is 0 Å². The lowest BCUT2D eigenvalue weighted by Gasteiger charge is -2.20. The summed E-state index contributed by atoms with van der Waals surface area (Å²) in [5.74, 6) is 2.11.